The number of primary amides is 1. The van der Waals surface area contributed by atoms with E-state index in [4.69, 9.17) is 15.0 Å². The first-order valence-corrected chi connectivity index (χ1v) is 12.1. The molecule has 172 valence electrons. The second-order valence-electron chi connectivity index (χ2n) is 11.1. The average Bonchev–Trinajstić information content (AvgIpc) is 3.66. The van der Waals surface area contributed by atoms with E-state index >= 15 is 0 Å². The molecule has 1 saturated heterocycles. The van der Waals surface area contributed by atoms with Crippen molar-refractivity contribution in [1.82, 2.24) is 4.98 Å². The van der Waals surface area contributed by atoms with Crippen LogP contribution in [0.1, 0.15) is 63.7 Å². The smallest absolute Gasteiger partial charge is 0.399 e. The summed E-state index contributed by atoms with van der Waals surface area (Å²) in [5.41, 5.74) is 8.00. The van der Waals surface area contributed by atoms with Gasteiger partial charge in [0.05, 0.1) is 28.1 Å². The van der Waals surface area contributed by atoms with Gasteiger partial charge in [-0.15, -0.1) is 0 Å². The van der Waals surface area contributed by atoms with E-state index in [9.17, 15) is 4.79 Å². The molecule has 0 atom stereocenters. The summed E-state index contributed by atoms with van der Waals surface area (Å²) in [6.07, 6.45) is 6.89. The van der Waals surface area contributed by atoms with Crippen molar-refractivity contribution < 1.29 is 19.1 Å². The summed E-state index contributed by atoms with van der Waals surface area (Å²) in [6.45, 7) is 8.21. The maximum Gasteiger partial charge on any atom is 0.494 e. The van der Waals surface area contributed by atoms with E-state index in [0.717, 1.165) is 44.9 Å². The fraction of sp³-hybridized carbons (Fsp3) is 0.520. The molecule has 2 saturated carbocycles. The van der Waals surface area contributed by atoms with Gasteiger partial charge in [0.1, 0.15) is 11.8 Å². The van der Waals surface area contributed by atoms with E-state index < -0.39 is 24.2 Å². The lowest BCUT2D eigenvalue weighted by Crippen LogP contribution is -2.41. The number of carbonyl (C=O) groups excluding carboxylic acids is 1. The number of fused-ring (bicyclic) bond motifs is 3. The van der Waals surface area contributed by atoms with Crippen LogP contribution >= 0.6 is 0 Å². The molecule has 2 aromatic heterocycles. The highest BCUT2D eigenvalue weighted by atomic mass is 16.7. The molecule has 3 aromatic rings. The van der Waals surface area contributed by atoms with Gasteiger partial charge in [0, 0.05) is 10.9 Å². The molecule has 5 N–H and O–H groups in total. The summed E-state index contributed by atoms with van der Waals surface area (Å²) in [5.74, 6) is 1.99. The number of amides is 1. The van der Waals surface area contributed by atoms with Gasteiger partial charge in [-0.2, -0.15) is 0 Å². The first-order chi connectivity index (χ1) is 15.6. The van der Waals surface area contributed by atoms with E-state index in [1.807, 2.05) is 0 Å². The fourth-order valence-corrected chi connectivity index (χ4v) is 5.10. The molecule has 0 bridgehead atoms. The van der Waals surface area contributed by atoms with Crippen molar-refractivity contribution in [1.29, 1.82) is 0 Å². The van der Waals surface area contributed by atoms with Gasteiger partial charge in [0.25, 0.3) is 11.7 Å². The molecule has 8 heteroatoms. The molecule has 6 rings (SSSR count). The molecule has 1 aromatic carbocycles. The summed E-state index contributed by atoms with van der Waals surface area (Å²) in [6, 6.07) is 6.68. The second kappa shape index (κ2) is 6.96. The largest absolute Gasteiger partial charge is 0.494 e. The van der Waals surface area contributed by atoms with Gasteiger partial charge >= 0.3 is 7.12 Å². The molecule has 7 nitrogen and oxygen atoms in total. The number of aromatic nitrogens is 2. The summed E-state index contributed by atoms with van der Waals surface area (Å²) in [4.78, 5) is 19.0. The quantitative estimate of drug-likeness (QED) is 0.505. The normalized spacial score (nSPS) is 21.9. The molecular weight excluding hydrogens is 415 g/mol. The van der Waals surface area contributed by atoms with Crippen LogP contribution in [0.3, 0.4) is 0 Å². The third-order valence-corrected chi connectivity index (χ3v) is 8.06. The molecule has 0 unspecified atom stereocenters. The van der Waals surface area contributed by atoms with Crippen molar-refractivity contribution in [3.05, 3.63) is 30.0 Å². The van der Waals surface area contributed by atoms with Crippen LogP contribution in [0.25, 0.3) is 21.8 Å². The van der Waals surface area contributed by atoms with E-state index in [0.29, 0.717) is 11.6 Å². The molecule has 0 radical (unpaired) electrons. The molecule has 1 aliphatic heterocycles. The number of nitrogens with two attached hydrogens (primary N) is 1. The molecule has 33 heavy (non-hydrogen) atoms. The first-order valence-electron chi connectivity index (χ1n) is 12.1. The second-order valence-corrected chi connectivity index (χ2v) is 11.1. The molecule has 2 aliphatic carbocycles. The Morgan fingerprint density at radius 3 is 2.36 bits per heavy atom. The number of hydrogen-bond donors (Lipinski definition) is 3. The number of rotatable bonds is 6. The molecule has 0 spiro atoms. The van der Waals surface area contributed by atoms with E-state index in [2.05, 4.69) is 61.2 Å². The van der Waals surface area contributed by atoms with Crippen LogP contribution in [0.4, 0.5) is 5.82 Å². The first kappa shape index (κ1) is 21.0. The van der Waals surface area contributed by atoms with Gasteiger partial charge in [-0.1, -0.05) is 12.1 Å². The molecule has 3 fully saturated rings. The lowest BCUT2D eigenvalue weighted by molar-refractivity contribution is -0.359. The average molecular weight is 447 g/mol. The fourth-order valence-electron chi connectivity index (χ4n) is 5.10. The van der Waals surface area contributed by atoms with E-state index in [1.54, 1.807) is 6.20 Å². The summed E-state index contributed by atoms with van der Waals surface area (Å²) in [5, 5.41) is 5.82. The lowest BCUT2D eigenvalue weighted by Gasteiger charge is -2.32. The summed E-state index contributed by atoms with van der Waals surface area (Å²) >= 11 is 0. The van der Waals surface area contributed by atoms with Crippen LogP contribution in [0.2, 0.25) is 0 Å². The van der Waals surface area contributed by atoms with Crippen molar-refractivity contribution in [2.45, 2.75) is 70.6 Å². The van der Waals surface area contributed by atoms with Crippen LogP contribution in [0, 0.1) is 11.8 Å². The molecule has 3 aliphatic rings. The van der Waals surface area contributed by atoms with Crippen molar-refractivity contribution in [3.63, 3.8) is 0 Å². The third-order valence-electron chi connectivity index (χ3n) is 8.06. The maximum absolute atomic E-state index is 12.2. The lowest BCUT2D eigenvalue weighted by atomic mass is 9.79. The Kier molecular flexibility index (Phi) is 4.43. The van der Waals surface area contributed by atoms with Crippen LogP contribution < -0.4 is 21.5 Å². The number of nitrogens with one attached hydrogen (secondary N) is 3. The van der Waals surface area contributed by atoms with Crippen LogP contribution in [0.15, 0.2) is 24.4 Å². The number of pyridine rings is 1. The van der Waals surface area contributed by atoms with Crippen LogP contribution in [0.5, 0.6) is 0 Å². The topological polar surface area (TPSA) is 104 Å². The standard InChI is InChI=1S/C25H31BN4O3/c1-24(2)25(3,4)33-26(32-24)15-9-10-16-18(11-15)29-21-17(22(27)31)12-28-23(19(16)21)30-20(13-5-6-13)14-7-8-14/h9-14,20,29H,5-8H2,1-4H3,(H2,27,31)(H,28,30)/p+1. The van der Waals surface area contributed by atoms with Gasteiger partial charge in [-0.05, 0) is 76.7 Å². The third kappa shape index (κ3) is 3.42. The van der Waals surface area contributed by atoms with E-state index in [1.165, 1.54) is 25.7 Å². The van der Waals surface area contributed by atoms with Crippen LogP contribution in [-0.2, 0) is 9.31 Å². The number of carbonyl (C=O) groups is 1. The monoisotopic (exact) mass is 447 g/mol. The minimum absolute atomic E-state index is 0.404. The number of anilines is 1. The minimum atomic E-state index is -0.457. The SMILES string of the molecule is CC1(C)OB(c2ccc3c(c2)[nH]c2c(C(N)=O)c[nH+]c(NC(C4CC4)C4CC4)c23)OC1(C)C. The van der Waals surface area contributed by atoms with Gasteiger partial charge in [0.2, 0.25) is 0 Å². The Hall–Kier alpha value is -2.58. The number of aromatic amines is 2. The number of benzene rings is 1. The van der Waals surface area contributed by atoms with Gasteiger partial charge < -0.3 is 20.0 Å². The Morgan fingerprint density at radius 2 is 1.79 bits per heavy atom. The summed E-state index contributed by atoms with van der Waals surface area (Å²) < 4.78 is 12.5. The highest BCUT2D eigenvalue weighted by molar-refractivity contribution is 6.62. The molecule has 3 heterocycles. The number of H-pyrrole nitrogens is 2. The zero-order valence-electron chi connectivity index (χ0n) is 19.7. The Bertz CT molecular complexity index is 1250. The van der Waals surface area contributed by atoms with E-state index in [-0.39, 0.29) is 0 Å². The Morgan fingerprint density at radius 1 is 1.15 bits per heavy atom. The predicted octanol–water partition coefficient (Wildman–Crippen LogP) is 3.13. The van der Waals surface area contributed by atoms with Crippen molar-refractivity contribution in [3.8, 4) is 0 Å². The van der Waals surface area contributed by atoms with Crippen molar-refractivity contribution >= 4 is 46.1 Å². The highest BCUT2D eigenvalue weighted by Gasteiger charge is 2.51. The zero-order chi connectivity index (χ0) is 23.1. The maximum atomic E-state index is 12.2. The highest BCUT2D eigenvalue weighted by Crippen LogP contribution is 2.46. The van der Waals surface area contributed by atoms with Gasteiger partial charge in [0.15, 0.2) is 0 Å². The zero-order valence-corrected chi connectivity index (χ0v) is 19.7. The predicted molar refractivity (Wildman–Crippen MR) is 129 cm³/mol. The Labute approximate surface area is 193 Å². The Balaban J connectivity index is 1.45. The summed E-state index contributed by atoms with van der Waals surface area (Å²) in [7, 11) is -0.445. The van der Waals surface area contributed by atoms with Crippen molar-refractivity contribution in [2.75, 3.05) is 5.32 Å². The number of hydrogen-bond acceptors (Lipinski definition) is 4. The minimum Gasteiger partial charge on any atom is -0.399 e. The molecule has 1 amide bonds. The van der Waals surface area contributed by atoms with Crippen LogP contribution in [-0.4, -0.2) is 35.3 Å². The van der Waals surface area contributed by atoms with Crippen molar-refractivity contribution in [2.24, 2.45) is 17.6 Å². The molecular formula is C25H32BN4O3+. The van der Waals surface area contributed by atoms with Gasteiger partial charge in [-0.25, -0.2) is 4.98 Å². The van der Waals surface area contributed by atoms with Gasteiger partial charge in [-0.3, -0.25) is 10.1 Å².